The molecule has 0 saturated heterocycles. The molecule has 0 spiro atoms. The molecule has 28 heavy (non-hydrogen) atoms. The molecule has 0 heterocycles. The lowest BCUT2D eigenvalue weighted by atomic mass is 10.1. The summed E-state index contributed by atoms with van der Waals surface area (Å²) < 4.78 is 5.00. The number of esters is 1. The molecule has 0 saturated carbocycles. The third-order valence-electron chi connectivity index (χ3n) is 3.88. The van der Waals surface area contributed by atoms with Gasteiger partial charge in [-0.25, -0.2) is 9.59 Å². The van der Waals surface area contributed by atoms with Crippen LogP contribution in [0.25, 0.3) is 0 Å². The second kappa shape index (κ2) is 11.6. The first-order valence-electron chi connectivity index (χ1n) is 8.72. The number of carbonyl (C=O) groups is 4. The van der Waals surface area contributed by atoms with Crippen molar-refractivity contribution in [2.24, 2.45) is 11.5 Å². The van der Waals surface area contributed by atoms with E-state index < -0.39 is 35.8 Å². The maximum absolute atomic E-state index is 12.6. The van der Waals surface area contributed by atoms with Crippen molar-refractivity contribution in [3.63, 3.8) is 0 Å². The lowest BCUT2D eigenvalue weighted by Crippen LogP contribution is -2.57. The Bertz CT molecular complexity index is 707. The zero-order valence-corrected chi connectivity index (χ0v) is 15.5. The van der Waals surface area contributed by atoms with Gasteiger partial charge in [0.1, 0.15) is 6.61 Å². The average molecular weight is 391 g/mol. The Kier molecular flexibility index (Phi) is 9.55. The van der Waals surface area contributed by atoms with Crippen LogP contribution in [0.2, 0.25) is 0 Å². The van der Waals surface area contributed by atoms with Gasteiger partial charge in [0.15, 0.2) is 0 Å². The summed E-state index contributed by atoms with van der Waals surface area (Å²) in [5, 5.41) is 9.46. The zero-order valence-electron chi connectivity index (χ0n) is 15.5. The molecule has 152 valence electrons. The third-order valence-corrected chi connectivity index (χ3v) is 3.88. The standard InChI is InChI=1S/C19H25N3O6/c1-2-15(23)22(17(24)14(21)10-6-7-11-20)16(18(25)26)19(27)28-12-13-8-4-3-5-9-13/h2-5,8-9,14,16H,1,6-7,10-12,20-21H2,(H,25,26)/t14-,16-/m0/s1. The molecule has 0 radical (unpaired) electrons. The first-order chi connectivity index (χ1) is 13.3. The van der Waals surface area contributed by atoms with Gasteiger partial charge >= 0.3 is 11.9 Å². The lowest BCUT2D eigenvalue weighted by Gasteiger charge is -2.27. The summed E-state index contributed by atoms with van der Waals surface area (Å²) >= 11 is 0. The molecule has 9 nitrogen and oxygen atoms in total. The molecule has 5 N–H and O–H groups in total. The second-order valence-electron chi connectivity index (χ2n) is 5.98. The quantitative estimate of drug-likeness (QED) is 0.209. The number of aliphatic carboxylic acids is 1. The topological polar surface area (TPSA) is 153 Å². The molecule has 0 aromatic heterocycles. The number of imide groups is 1. The normalized spacial score (nSPS) is 12.5. The maximum Gasteiger partial charge on any atom is 0.341 e. The summed E-state index contributed by atoms with van der Waals surface area (Å²) in [5.74, 6) is -5.01. The molecule has 0 aliphatic heterocycles. The molecule has 0 aliphatic rings. The van der Waals surface area contributed by atoms with Crippen LogP contribution in [0.3, 0.4) is 0 Å². The minimum Gasteiger partial charge on any atom is -0.479 e. The van der Waals surface area contributed by atoms with Gasteiger partial charge < -0.3 is 21.3 Å². The predicted octanol–water partition coefficient (Wildman–Crippen LogP) is 0.181. The molecule has 1 aromatic rings. The Morgan fingerprint density at radius 1 is 1.18 bits per heavy atom. The largest absolute Gasteiger partial charge is 0.479 e. The van der Waals surface area contributed by atoms with E-state index in [0.717, 1.165) is 6.08 Å². The number of nitrogens with two attached hydrogens (primary N) is 2. The van der Waals surface area contributed by atoms with E-state index in [1.54, 1.807) is 30.3 Å². The van der Waals surface area contributed by atoms with Gasteiger partial charge in [0.25, 0.3) is 5.91 Å². The summed E-state index contributed by atoms with van der Waals surface area (Å²) in [5.41, 5.74) is 11.8. The molecule has 9 heteroatoms. The Hall–Kier alpha value is -3.04. The molecular formula is C19H25N3O6. The Morgan fingerprint density at radius 3 is 2.36 bits per heavy atom. The molecule has 2 atom stereocenters. The molecule has 1 aromatic carbocycles. The number of carboxylic acid groups (broad SMARTS) is 1. The monoisotopic (exact) mass is 391 g/mol. The number of carboxylic acids is 1. The van der Waals surface area contributed by atoms with Gasteiger partial charge in [0, 0.05) is 0 Å². The number of carbonyl (C=O) groups excluding carboxylic acids is 3. The van der Waals surface area contributed by atoms with Crippen molar-refractivity contribution < 1.29 is 29.0 Å². The van der Waals surface area contributed by atoms with Crippen LogP contribution in [0.5, 0.6) is 0 Å². The third kappa shape index (κ3) is 6.60. The summed E-state index contributed by atoms with van der Waals surface area (Å²) in [6.07, 6.45) is 2.04. The van der Waals surface area contributed by atoms with Gasteiger partial charge in [-0.15, -0.1) is 0 Å². The van der Waals surface area contributed by atoms with Gasteiger partial charge in [-0.05, 0) is 31.0 Å². The molecule has 1 rings (SSSR count). The van der Waals surface area contributed by atoms with Crippen molar-refractivity contribution in [1.82, 2.24) is 4.90 Å². The maximum atomic E-state index is 12.6. The molecular weight excluding hydrogens is 366 g/mol. The number of nitrogens with zero attached hydrogens (tertiary/aromatic N) is 1. The van der Waals surface area contributed by atoms with Crippen molar-refractivity contribution in [1.29, 1.82) is 0 Å². The van der Waals surface area contributed by atoms with E-state index in [1.165, 1.54) is 0 Å². The molecule has 0 unspecified atom stereocenters. The highest BCUT2D eigenvalue weighted by molar-refractivity contribution is 6.11. The van der Waals surface area contributed by atoms with E-state index >= 15 is 0 Å². The fraction of sp³-hybridized carbons (Fsp3) is 0.368. The molecule has 2 amide bonds. The SMILES string of the molecule is C=CC(=O)N(C(=O)[C@@H](N)CCCCN)[C@@H](C(=O)O)C(=O)OCc1ccccc1. The fourth-order valence-corrected chi connectivity index (χ4v) is 2.40. The number of rotatable bonds is 11. The number of hydrogen-bond donors (Lipinski definition) is 3. The highest BCUT2D eigenvalue weighted by Gasteiger charge is 2.42. The Morgan fingerprint density at radius 2 is 1.82 bits per heavy atom. The van der Waals surface area contributed by atoms with Gasteiger partial charge in [-0.1, -0.05) is 43.3 Å². The van der Waals surface area contributed by atoms with Crippen LogP contribution in [0, 0.1) is 0 Å². The smallest absolute Gasteiger partial charge is 0.341 e. The fourth-order valence-electron chi connectivity index (χ4n) is 2.40. The van der Waals surface area contributed by atoms with Crippen LogP contribution in [0.1, 0.15) is 24.8 Å². The average Bonchev–Trinajstić information content (AvgIpc) is 2.69. The minimum absolute atomic E-state index is 0.183. The van der Waals surface area contributed by atoms with E-state index in [2.05, 4.69) is 6.58 Å². The Balaban J connectivity index is 2.99. The first-order valence-corrected chi connectivity index (χ1v) is 8.72. The van der Waals surface area contributed by atoms with Crippen molar-refractivity contribution in [3.05, 3.63) is 48.6 Å². The minimum atomic E-state index is -2.16. The van der Waals surface area contributed by atoms with Crippen LogP contribution in [-0.2, 0) is 30.5 Å². The van der Waals surface area contributed by atoms with Gasteiger partial charge in [-0.3, -0.25) is 14.5 Å². The van der Waals surface area contributed by atoms with E-state index in [1.807, 2.05) is 0 Å². The second-order valence-corrected chi connectivity index (χ2v) is 5.98. The van der Waals surface area contributed by atoms with Gasteiger partial charge in [-0.2, -0.15) is 0 Å². The van der Waals surface area contributed by atoms with Crippen molar-refractivity contribution in [2.75, 3.05) is 6.54 Å². The number of hydrogen-bond acceptors (Lipinski definition) is 7. The lowest BCUT2D eigenvalue weighted by molar-refractivity contribution is -0.169. The highest BCUT2D eigenvalue weighted by atomic mass is 16.5. The predicted molar refractivity (Wildman–Crippen MR) is 101 cm³/mol. The van der Waals surface area contributed by atoms with Gasteiger partial charge in [0.2, 0.25) is 11.9 Å². The zero-order chi connectivity index (χ0) is 21.1. The van der Waals surface area contributed by atoms with Crippen LogP contribution in [0.4, 0.5) is 0 Å². The van der Waals surface area contributed by atoms with Gasteiger partial charge in [0.05, 0.1) is 6.04 Å². The van der Waals surface area contributed by atoms with E-state index in [9.17, 15) is 24.3 Å². The van der Waals surface area contributed by atoms with Crippen LogP contribution >= 0.6 is 0 Å². The van der Waals surface area contributed by atoms with E-state index in [4.69, 9.17) is 16.2 Å². The van der Waals surface area contributed by atoms with Crippen molar-refractivity contribution in [2.45, 2.75) is 38.0 Å². The first kappa shape index (κ1) is 23.0. The van der Waals surface area contributed by atoms with Crippen LogP contribution in [-0.4, -0.2) is 52.4 Å². The summed E-state index contributed by atoms with van der Waals surface area (Å²) in [6, 6.07) is 5.22. The summed E-state index contributed by atoms with van der Waals surface area (Å²) in [6.45, 7) is 3.44. The summed E-state index contributed by atoms with van der Waals surface area (Å²) in [7, 11) is 0. The number of benzene rings is 1. The van der Waals surface area contributed by atoms with E-state index in [-0.39, 0.29) is 17.9 Å². The highest BCUT2D eigenvalue weighted by Crippen LogP contribution is 2.12. The van der Waals surface area contributed by atoms with Crippen LogP contribution in [0.15, 0.2) is 43.0 Å². The number of ether oxygens (including phenoxy) is 1. The summed E-state index contributed by atoms with van der Waals surface area (Å²) in [4.78, 5) is 49.1. The van der Waals surface area contributed by atoms with E-state index in [0.29, 0.717) is 24.9 Å². The van der Waals surface area contributed by atoms with Crippen LogP contribution < -0.4 is 11.5 Å². The molecule has 0 aliphatic carbocycles. The van der Waals surface area contributed by atoms with Crippen molar-refractivity contribution >= 4 is 23.8 Å². The molecule has 0 bridgehead atoms. The Labute approximate surface area is 162 Å². The molecule has 0 fully saturated rings. The number of unbranched alkanes of at least 4 members (excludes halogenated alkanes) is 1. The number of amides is 2. The van der Waals surface area contributed by atoms with Crippen molar-refractivity contribution in [3.8, 4) is 0 Å².